The van der Waals surface area contributed by atoms with Crippen molar-refractivity contribution in [3.8, 4) is 0 Å². The topological polar surface area (TPSA) is 0 Å². The van der Waals surface area contributed by atoms with E-state index in [9.17, 15) is 0 Å². The Morgan fingerprint density at radius 3 is 1.53 bits per heavy atom. The Hall–Kier alpha value is 0.350. The molecule has 0 aliphatic carbocycles. The third-order valence-corrected chi connectivity index (χ3v) is 4.89. The van der Waals surface area contributed by atoms with Gasteiger partial charge in [0, 0.05) is 10.5 Å². The van der Waals surface area contributed by atoms with Gasteiger partial charge in [0.25, 0.3) is 0 Å². The van der Waals surface area contributed by atoms with Gasteiger partial charge in [-0.05, 0) is 12.8 Å². The molecule has 0 saturated carbocycles. The van der Waals surface area contributed by atoms with Gasteiger partial charge < -0.3 is 0 Å². The maximum absolute atomic E-state index is 2.29. The molecular formula is C14H28S. The van der Waals surface area contributed by atoms with E-state index in [0.717, 1.165) is 10.5 Å². The molecule has 0 aromatic heterocycles. The Kier molecular flexibility index (Phi) is 7.60. The zero-order valence-electron chi connectivity index (χ0n) is 10.6. The van der Waals surface area contributed by atoms with Crippen LogP contribution in [0.1, 0.15) is 78.1 Å². The van der Waals surface area contributed by atoms with Gasteiger partial charge in [0.2, 0.25) is 0 Å². The molecule has 90 valence electrons. The molecule has 1 rings (SSSR count). The van der Waals surface area contributed by atoms with Crippen molar-refractivity contribution in [3.05, 3.63) is 0 Å². The molecule has 0 amide bonds. The smallest absolute Gasteiger partial charge is 0.0169 e. The highest BCUT2D eigenvalue weighted by molar-refractivity contribution is 8.07. The molecule has 0 unspecified atom stereocenters. The summed E-state index contributed by atoms with van der Waals surface area (Å²) in [7, 11) is 0. The van der Waals surface area contributed by atoms with Crippen LogP contribution in [-0.2, 0) is 0 Å². The highest BCUT2D eigenvalue weighted by Gasteiger charge is 2.36. The number of unbranched alkanes of at least 4 members (excludes halogenated alkanes) is 6. The van der Waals surface area contributed by atoms with Gasteiger partial charge >= 0.3 is 0 Å². The zero-order valence-corrected chi connectivity index (χ0v) is 11.5. The molecule has 1 aliphatic rings. The van der Waals surface area contributed by atoms with E-state index in [1.54, 1.807) is 0 Å². The van der Waals surface area contributed by atoms with E-state index in [-0.39, 0.29) is 0 Å². The van der Waals surface area contributed by atoms with Gasteiger partial charge in [-0.3, -0.25) is 0 Å². The SMILES string of the molecule is CCCCCC[C@@H]1S[C@@H]1CCCCCC. The second kappa shape index (κ2) is 8.50. The van der Waals surface area contributed by atoms with Crippen molar-refractivity contribution in [2.45, 2.75) is 88.6 Å². The summed E-state index contributed by atoms with van der Waals surface area (Å²) in [4.78, 5) is 0. The summed E-state index contributed by atoms with van der Waals surface area (Å²) in [5.74, 6) is 0. The average Bonchev–Trinajstić information content (AvgIpc) is 2.99. The number of thioether (sulfide) groups is 1. The molecular weight excluding hydrogens is 200 g/mol. The summed E-state index contributed by atoms with van der Waals surface area (Å²) in [6.45, 7) is 4.59. The predicted octanol–water partition coefficient (Wildman–Crippen LogP) is 5.41. The van der Waals surface area contributed by atoms with Gasteiger partial charge in [-0.25, -0.2) is 0 Å². The van der Waals surface area contributed by atoms with Crippen molar-refractivity contribution in [2.24, 2.45) is 0 Å². The quantitative estimate of drug-likeness (QED) is 0.356. The lowest BCUT2D eigenvalue weighted by Crippen LogP contribution is -1.94. The van der Waals surface area contributed by atoms with E-state index in [4.69, 9.17) is 0 Å². The molecule has 1 heteroatoms. The van der Waals surface area contributed by atoms with Crippen molar-refractivity contribution in [2.75, 3.05) is 0 Å². The second-order valence-corrected chi connectivity index (χ2v) is 6.39. The lowest BCUT2D eigenvalue weighted by molar-refractivity contribution is 0.595. The van der Waals surface area contributed by atoms with E-state index in [1.807, 2.05) is 0 Å². The van der Waals surface area contributed by atoms with Crippen molar-refractivity contribution >= 4 is 11.8 Å². The number of hydrogen-bond acceptors (Lipinski definition) is 1. The minimum atomic E-state index is 1.06. The van der Waals surface area contributed by atoms with E-state index < -0.39 is 0 Å². The minimum Gasteiger partial charge on any atom is -0.153 e. The zero-order chi connectivity index (χ0) is 10.9. The first kappa shape index (κ1) is 13.4. The fraction of sp³-hybridized carbons (Fsp3) is 1.00. The Bertz CT molecular complexity index is 128. The molecule has 1 fully saturated rings. The third-order valence-electron chi connectivity index (χ3n) is 3.37. The Balaban J connectivity index is 1.81. The fourth-order valence-corrected chi connectivity index (χ4v) is 3.47. The van der Waals surface area contributed by atoms with Crippen LogP contribution in [0.4, 0.5) is 0 Å². The molecule has 0 N–H and O–H groups in total. The highest BCUT2D eigenvalue weighted by Crippen LogP contribution is 2.47. The minimum absolute atomic E-state index is 1.06. The van der Waals surface area contributed by atoms with Crippen molar-refractivity contribution in [1.29, 1.82) is 0 Å². The first-order valence-corrected chi connectivity index (χ1v) is 7.98. The van der Waals surface area contributed by atoms with Crippen LogP contribution in [0.15, 0.2) is 0 Å². The first-order valence-electron chi connectivity index (χ1n) is 7.04. The predicted molar refractivity (Wildman–Crippen MR) is 72.7 cm³/mol. The van der Waals surface area contributed by atoms with Crippen LogP contribution in [-0.4, -0.2) is 10.5 Å². The summed E-state index contributed by atoms with van der Waals surface area (Å²) < 4.78 is 0. The summed E-state index contributed by atoms with van der Waals surface area (Å²) in [6, 6.07) is 0. The molecule has 0 bridgehead atoms. The highest BCUT2D eigenvalue weighted by atomic mass is 32.2. The van der Waals surface area contributed by atoms with Crippen LogP contribution in [0.25, 0.3) is 0 Å². The maximum Gasteiger partial charge on any atom is 0.0169 e. The maximum atomic E-state index is 2.29. The van der Waals surface area contributed by atoms with Gasteiger partial charge in [0.05, 0.1) is 0 Å². The normalized spacial score (nSPS) is 24.4. The molecule has 1 aliphatic heterocycles. The van der Waals surface area contributed by atoms with E-state index in [1.165, 1.54) is 64.2 Å². The monoisotopic (exact) mass is 228 g/mol. The van der Waals surface area contributed by atoms with E-state index >= 15 is 0 Å². The van der Waals surface area contributed by atoms with Crippen LogP contribution in [0.3, 0.4) is 0 Å². The van der Waals surface area contributed by atoms with Crippen LogP contribution in [0.2, 0.25) is 0 Å². The Morgan fingerprint density at radius 1 is 0.667 bits per heavy atom. The molecule has 15 heavy (non-hydrogen) atoms. The van der Waals surface area contributed by atoms with Crippen LogP contribution < -0.4 is 0 Å². The van der Waals surface area contributed by atoms with Crippen molar-refractivity contribution < 1.29 is 0 Å². The molecule has 0 nitrogen and oxygen atoms in total. The molecule has 2 atom stereocenters. The molecule has 0 radical (unpaired) electrons. The number of hydrogen-bond donors (Lipinski definition) is 0. The summed E-state index contributed by atoms with van der Waals surface area (Å²) in [5.41, 5.74) is 0. The second-order valence-electron chi connectivity index (χ2n) is 4.91. The first-order chi connectivity index (χ1) is 7.38. The lowest BCUT2D eigenvalue weighted by atomic mass is 10.1. The lowest BCUT2D eigenvalue weighted by Gasteiger charge is -1.99. The third kappa shape index (κ3) is 6.50. The molecule has 1 saturated heterocycles. The fourth-order valence-electron chi connectivity index (χ4n) is 2.23. The van der Waals surface area contributed by atoms with Crippen molar-refractivity contribution in [1.82, 2.24) is 0 Å². The average molecular weight is 228 g/mol. The van der Waals surface area contributed by atoms with Crippen molar-refractivity contribution in [3.63, 3.8) is 0 Å². The number of rotatable bonds is 10. The van der Waals surface area contributed by atoms with Gasteiger partial charge in [0.1, 0.15) is 0 Å². The Labute approximate surface area is 101 Å². The molecule has 0 aromatic carbocycles. The molecule has 1 heterocycles. The van der Waals surface area contributed by atoms with E-state index in [2.05, 4.69) is 25.6 Å². The summed E-state index contributed by atoms with van der Waals surface area (Å²) in [6.07, 6.45) is 14.5. The van der Waals surface area contributed by atoms with Gasteiger partial charge in [0.15, 0.2) is 0 Å². The van der Waals surface area contributed by atoms with Gasteiger partial charge in [-0.15, -0.1) is 0 Å². The van der Waals surface area contributed by atoms with Gasteiger partial charge in [-0.2, -0.15) is 11.8 Å². The van der Waals surface area contributed by atoms with E-state index in [0.29, 0.717) is 0 Å². The summed E-state index contributed by atoms with van der Waals surface area (Å²) >= 11 is 2.25. The molecule has 0 spiro atoms. The standard InChI is InChI=1S/C14H28S/c1-3-5-7-9-11-13-14(15-13)12-10-8-6-4-2/h13-14H,3-12H2,1-2H3/t13-,14+. The van der Waals surface area contributed by atoms with Gasteiger partial charge in [-0.1, -0.05) is 65.2 Å². The largest absolute Gasteiger partial charge is 0.153 e. The van der Waals surface area contributed by atoms with Crippen LogP contribution >= 0.6 is 11.8 Å². The molecule has 0 aromatic rings. The van der Waals surface area contributed by atoms with Crippen LogP contribution in [0, 0.1) is 0 Å². The van der Waals surface area contributed by atoms with Crippen LogP contribution in [0.5, 0.6) is 0 Å². The summed E-state index contributed by atoms with van der Waals surface area (Å²) in [5, 5.41) is 2.12. The Morgan fingerprint density at radius 2 is 1.13 bits per heavy atom.